The highest BCUT2D eigenvalue weighted by molar-refractivity contribution is 7.19. The van der Waals surface area contributed by atoms with Gasteiger partial charge in [-0.3, -0.25) is 0 Å². The van der Waals surface area contributed by atoms with E-state index in [2.05, 4.69) is 53.1 Å². The van der Waals surface area contributed by atoms with Crippen LogP contribution in [0, 0.1) is 6.92 Å². The fourth-order valence-corrected chi connectivity index (χ4v) is 5.78. The van der Waals surface area contributed by atoms with Gasteiger partial charge in [-0.1, -0.05) is 12.1 Å². The van der Waals surface area contributed by atoms with Gasteiger partial charge in [0.05, 0.1) is 27.7 Å². The predicted octanol–water partition coefficient (Wildman–Crippen LogP) is 4.90. The number of ether oxygens (including phenoxy) is 1. The Balaban J connectivity index is 1.32. The number of aliphatic hydroxyl groups is 1. The Morgan fingerprint density at radius 1 is 1.06 bits per heavy atom. The molecule has 0 spiro atoms. The highest BCUT2D eigenvalue weighted by Crippen LogP contribution is 2.37. The fraction of sp³-hybridized carbons (Fsp3) is 0.481. The van der Waals surface area contributed by atoms with Crippen molar-refractivity contribution < 1.29 is 14.6 Å². The summed E-state index contributed by atoms with van der Waals surface area (Å²) in [6, 6.07) is 12.9. The molecule has 2 saturated heterocycles. The summed E-state index contributed by atoms with van der Waals surface area (Å²) in [6.07, 6.45) is 0.302. The maximum atomic E-state index is 12.4. The van der Waals surface area contributed by atoms with E-state index >= 15 is 0 Å². The van der Waals surface area contributed by atoms with Gasteiger partial charge in [-0.15, -0.1) is 11.3 Å². The number of β-amino-alcohol motifs (C(OH)–C–C–N with tert-alkyl or cyclic N) is 1. The molecule has 5 rings (SSSR count). The van der Waals surface area contributed by atoms with Gasteiger partial charge in [-0.05, 0) is 58.4 Å². The Bertz CT molecular complexity index is 1210. The van der Waals surface area contributed by atoms with Gasteiger partial charge in [-0.2, -0.15) is 0 Å². The zero-order chi connectivity index (χ0) is 24.7. The Labute approximate surface area is 210 Å². The van der Waals surface area contributed by atoms with Crippen molar-refractivity contribution in [3.8, 4) is 11.3 Å². The molecule has 2 aromatic heterocycles. The Kier molecular flexibility index (Phi) is 6.36. The maximum Gasteiger partial charge on any atom is 0.410 e. The molecular weight excluding hydrogens is 460 g/mol. The summed E-state index contributed by atoms with van der Waals surface area (Å²) >= 11 is 1.77. The summed E-state index contributed by atoms with van der Waals surface area (Å²) in [5.41, 5.74) is 4.89. The minimum absolute atomic E-state index is 0.237. The van der Waals surface area contributed by atoms with Gasteiger partial charge in [0, 0.05) is 55.4 Å². The van der Waals surface area contributed by atoms with E-state index in [4.69, 9.17) is 9.72 Å². The largest absolute Gasteiger partial charge is 0.444 e. The van der Waals surface area contributed by atoms with Crippen LogP contribution in [-0.2, 0) is 4.74 Å². The maximum absolute atomic E-state index is 12.4. The summed E-state index contributed by atoms with van der Waals surface area (Å²) in [6.45, 7) is 12.2. The molecule has 1 N–H and O–H groups in total. The number of hydrogen-bond donors (Lipinski definition) is 1. The predicted molar refractivity (Wildman–Crippen MR) is 143 cm³/mol. The quantitative estimate of drug-likeness (QED) is 0.559. The lowest BCUT2D eigenvalue weighted by molar-refractivity contribution is 0.0240. The first-order valence-corrected chi connectivity index (χ1v) is 13.2. The van der Waals surface area contributed by atoms with Gasteiger partial charge in [0.15, 0.2) is 0 Å². The van der Waals surface area contributed by atoms with E-state index in [0.717, 1.165) is 48.5 Å². The van der Waals surface area contributed by atoms with Crippen molar-refractivity contribution in [1.29, 1.82) is 0 Å². The average Bonchev–Trinajstić information content (AvgIpc) is 3.42. The third-order valence-electron chi connectivity index (χ3n) is 6.55. The highest BCUT2D eigenvalue weighted by atomic mass is 32.1. The number of benzene rings is 1. The Morgan fingerprint density at radius 2 is 1.77 bits per heavy atom. The second-order valence-electron chi connectivity index (χ2n) is 10.5. The summed E-state index contributed by atoms with van der Waals surface area (Å²) < 4.78 is 6.71. The Morgan fingerprint density at radius 3 is 2.40 bits per heavy atom. The molecule has 8 heteroatoms. The molecule has 186 valence electrons. The van der Waals surface area contributed by atoms with Crippen LogP contribution in [0.25, 0.3) is 21.5 Å². The summed E-state index contributed by atoms with van der Waals surface area (Å²) in [7, 11) is 0. The first-order chi connectivity index (χ1) is 16.7. The lowest BCUT2D eigenvalue weighted by Gasteiger charge is -2.36. The molecular formula is C27H34N4O3S. The van der Waals surface area contributed by atoms with Crippen LogP contribution in [0.15, 0.2) is 36.4 Å². The van der Waals surface area contributed by atoms with Crippen molar-refractivity contribution in [2.45, 2.75) is 45.8 Å². The molecule has 35 heavy (non-hydrogen) atoms. The van der Waals surface area contributed by atoms with Gasteiger partial charge in [0.25, 0.3) is 0 Å². The number of aryl methyl sites for hydroxylation is 1. The zero-order valence-corrected chi connectivity index (χ0v) is 21.8. The number of aromatic nitrogens is 1. The van der Waals surface area contributed by atoms with E-state index in [1.807, 2.05) is 20.8 Å². The molecule has 0 radical (unpaired) electrons. The molecule has 1 atom stereocenters. The minimum Gasteiger partial charge on any atom is -0.444 e. The van der Waals surface area contributed by atoms with Crippen LogP contribution in [0.1, 0.15) is 32.1 Å². The van der Waals surface area contributed by atoms with E-state index < -0.39 is 5.60 Å². The number of nitrogens with zero attached hydrogens (tertiary/aromatic N) is 4. The number of carbonyl (C=O) groups is 1. The van der Waals surface area contributed by atoms with Crippen molar-refractivity contribution in [3.63, 3.8) is 0 Å². The molecule has 0 saturated carbocycles. The molecule has 2 aliphatic rings. The van der Waals surface area contributed by atoms with Crippen LogP contribution in [0.2, 0.25) is 0 Å². The van der Waals surface area contributed by atoms with Crippen LogP contribution in [-0.4, -0.2) is 72.1 Å². The van der Waals surface area contributed by atoms with Crippen LogP contribution in [0.3, 0.4) is 0 Å². The van der Waals surface area contributed by atoms with Gasteiger partial charge in [-0.25, -0.2) is 9.78 Å². The number of thiophene rings is 1. The molecule has 3 aromatic rings. The van der Waals surface area contributed by atoms with Crippen molar-refractivity contribution in [2.75, 3.05) is 49.1 Å². The van der Waals surface area contributed by atoms with Crippen LogP contribution in [0.5, 0.6) is 0 Å². The fourth-order valence-electron chi connectivity index (χ4n) is 4.78. The van der Waals surface area contributed by atoms with Gasteiger partial charge >= 0.3 is 6.09 Å². The van der Waals surface area contributed by atoms with Crippen LogP contribution >= 0.6 is 11.3 Å². The average molecular weight is 495 g/mol. The number of pyridine rings is 1. The molecule has 1 aromatic carbocycles. The first-order valence-electron chi connectivity index (χ1n) is 12.3. The molecule has 0 bridgehead atoms. The molecule has 2 fully saturated rings. The molecule has 4 heterocycles. The van der Waals surface area contributed by atoms with Gasteiger partial charge < -0.3 is 24.5 Å². The molecule has 0 aliphatic carbocycles. The van der Waals surface area contributed by atoms with Crippen molar-refractivity contribution in [2.24, 2.45) is 0 Å². The smallest absolute Gasteiger partial charge is 0.410 e. The number of carbonyl (C=O) groups excluding carboxylic acids is 1. The minimum atomic E-state index is -0.475. The molecule has 1 unspecified atom stereocenters. The van der Waals surface area contributed by atoms with Crippen molar-refractivity contribution >= 4 is 39.0 Å². The van der Waals surface area contributed by atoms with Crippen LogP contribution in [0.4, 0.5) is 16.2 Å². The molecule has 7 nitrogen and oxygen atoms in total. The zero-order valence-electron chi connectivity index (χ0n) is 21.0. The van der Waals surface area contributed by atoms with Gasteiger partial charge in [0.1, 0.15) is 5.60 Å². The number of amides is 1. The summed E-state index contributed by atoms with van der Waals surface area (Å²) in [4.78, 5) is 24.9. The number of fused-ring (bicyclic) bond motifs is 1. The second-order valence-corrected chi connectivity index (χ2v) is 11.7. The Hall–Kier alpha value is -2.84. The van der Waals surface area contributed by atoms with E-state index in [9.17, 15) is 9.90 Å². The number of anilines is 2. The first kappa shape index (κ1) is 23.9. The number of rotatable bonds is 3. The third-order valence-corrected chi connectivity index (χ3v) is 7.61. The van der Waals surface area contributed by atoms with E-state index in [-0.39, 0.29) is 12.2 Å². The number of aliphatic hydroxyl groups excluding tert-OH is 1. The van der Waals surface area contributed by atoms with E-state index in [0.29, 0.717) is 19.6 Å². The monoisotopic (exact) mass is 494 g/mol. The van der Waals surface area contributed by atoms with E-state index in [1.54, 1.807) is 16.2 Å². The molecule has 1 amide bonds. The second kappa shape index (κ2) is 9.32. The van der Waals surface area contributed by atoms with E-state index in [1.165, 1.54) is 15.3 Å². The topological polar surface area (TPSA) is 69.1 Å². The summed E-state index contributed by atoms with van der Waals surface area (Å²) in [5.74, 6) is 0. The SMILES string of the molecule is Cc1cc2nc(-c3ccc(N4CCN(C(=O)OC(C)(C)C)CC4)cc3)cc(N3CCC(O)C3)c2s1. The van der Waals surface area contributed by atoms with Crippen molar-refractivity contribution in [1.82, 2.24) is 9.88 Å². The normalized spacial score (nSPS) is 19.0. The third kappa shape index (κ3) is 5.23. The van der Waals surface area contributed by atoms with Crippen LogP contribution < -0.4 is 9.80 Å². The lowest BCUT2D eigenvalue weighted by Crippen LogP contribution is -2.50. The number of hydrogen-bond acceptors (Lipinski definition) is 7. The standard InChI is InChI=1S/C27H34N4O3S/c1-18-15-23-25(35-18)24(31-10-9-21(32)17-31)16-22(28-23)19-5-7-20(8-6-19)29-11-13-30(14-12-29)26(33)34-27(2,3)4/h5-8,15-16,21,32H,9-14,17H2,1-4H3. The lowest BCUT2D eigenvalue weighted by atomic mass is 10.1. The van der Waals surface area contributed by atoms with Gasteiger partial charge in [0.2, 0.25) is 0 Å². The highest BCUT2D eigenvalue weighted by Gasteiger charge is 2.26. The molecule has 2 aliphatic heterocycles. The van der Waals surface area contributed by atoms with Crippen molar-refractivity contribution in [3.05, 3.63) is 41.3 Å². The number of piperazine rings is 1. The summed E-state index contributed by atoms with van der Waals surface area (Å²) in [5, 5.41) is 10.1.